The molecule has 8 nitrogen and oxygen atoms in total. The molecule has 8 rings (SSSR count). The van der Waals surface area contributed by atoms with Gasteiger partial charge in [-0.1, -0.05) is 35.5 Å². The maximum Gasteiger partial charge on any atom is 0.238 e. The summed E-state index contributed by atoms with van der Waals surface area (Å²) >= 11 is 1.46. The van der Waals surface area contributed by atoms with Crippen LogP contribution in [-0.4, -0.2) is 30.7 Å². The van der Waals surface area contributed by atoms with Crippen LogP contribution >= 0.6 is 11.3 Å². The first-order chi connectivity index (χ1) is 20.6. The molecule has 1 aromatic heterocycles. The van der Waals surface area contributed by atoms with Crippen LogP contribution in [0.25, 0.3) is 0 Å². The first-order valence-corrected chi connectivity index (χ1v) is 15.4. The van der Waals surface area contributed by atoms with E-state index >= 15 is 0 Å². The highest BCUT2D eigenvalue weighted by Gasteiger charge is 2.70. The molecule has 3 aromatic rings. The molecule has 0 radical (unpaired) electrons. The molecule has 3 fully saturated rings. The third-order valence-corrected chi connectivity index (χ3v) is 11.1. The first-order valence-electron chi connectivity index (χ1n) is 14.6. The number of methoxy groups -OCH3 is 1. The lowest BCUT2D eigenvalue weighted by molar-refractivity contribution is -0.125. The van der Waals surface area contributed by atoms with Crippen molar-refractivity contribution in [1.82, 2.24) is 0 Å². The van der Waals surface area contributed by atoms with Crippen LogP contribution in [0.2, 0.25) is 0 Å². The molecule has 2 aliphatic heterocycles. The van der Waals surface area contributed by atoms with Gasteiger partial charge >= 0.3 is 0 Å². The Balaban J connectivity index is 1.07. The number of oxime groups is 1. The fourth-order valence-electron chi connectivity index (χ4n) is 8.07. The zero-order valence-electron chi connectivity index (χ0n) is 23.1. The Labute approximate surface area is 247 Å². The molecule has 0 N–H and O–H groups in total. The molecule has 3 heterocycles. The van der Waals surface area contributed by atoms with Crippen LogP contribution in [0.5, 0.6) is 11.5 Å². The second kappa shape index (κ2) is 9.70. The predicted octanol–water partition coefficient (Wildman–Crippen LogP) is 5.26. The van der Waals surface area contributed by atoms with Crippen LogP contribution in [0.1, 0.15) is 46.4 Å². The molecule has 0 unspecified atom stereocenters. The highest BCUT2D eigenvalue weighted by Crippen LogP contribution is 2.62. The Morgan fingerprint density at radius 3 is 2.60 bits per heavy atom. The Morgan fingerprint density at radius 1 is 1.02 bits per heavy atom. The van der Waals surface area contributed by atoms with Gasteiger partial charge in [-0.25, -0.2) is 4.90 Å². The molecule has 9 heteroatoms. The number of hydrogen-bond donors (Lipinski definition) is 0. The van der Waals surface area contributed by atoms with Crippen LogP contribution in [0.15, 0.2) is 53.7 Å². The average molecular weight is 580 g/mol. The summed E-state index contributed by atoms with van der Waals surface area (Å²) in [4.78, 5) is 36.4. The number of fused-ring (bicyclic) bond motifs is 9. The van der Waals surface area contributed by atoms with Crippen molar-refractivity contribution < 1.29 is 23.9 Å². The molecule has 2 bridgehead atoms. The number of carbonyl (C=O) groups is 2. The summed E-state index contributed by atoms with van der Waals surface area (Å²) in [5.74, 6) is -0.169. The van der Waals surface area contributed by atoms with Gasteiger partial charge in [0.2, 0.25) is 11.8 Å². The minimum Gasteiger partial charge on any atom is -0.493 e. The minimum atomic E-state index is -0.424. The van der Waals surface area contributed by atoms with Crippen LogP contribution in [0, 0.1) is 40.9 Å². The van der Waals surface area contributed by atoms with Gasteiger partial charge in [0.25, 0.3) is 0 Å². The number of carbonyl (C=O) groups excluding carboxylic acids is 2. The number of benzene rings is 2. The number of imide groups is 1. The Kier molecular flexibility index (Phi) is 5.90. The van der Waals surface area contributed by atoms with Gasteiger partial charge in [0, 0.05) is 22.3 Å². The Morgan fingerprint density at radius 2 is 1.81 bits per heavy atom. The Bertz CT molecular complexity index is 1690. The average Bonchev–Trinajstić information content (AvgIpc) is 3.82. The van der Waals surface area contributed by atoms with Crippen LogP contribution in [-0.2, 0) is 33.9 Å². The van der Waals surface area contributed by atoms with Crippen LogP contribution in [0.4, 0.5) is 5.00 Å². The monoisotopic (exact) mass is 579 g/mol. The topological polar surface area (TPSA) is 101 Å². The summed E-state index contributed by atoms with van der Waals surface area (Å²) in [5, 5.41) is 15.0. The van der Waals surface area contributed by atoms with E-state index < -0.39 is 11.8 Å². The predicted molar refractivity (Wildman–Crippen MR) is 155 cm³/mol. The van der Waals surface area contributed by atoms with Gasteiger partial charge in [0.15, 0.2) is 11.5 Å². The molecular weight excluding hydrogens is 550 g/mol. The highest BCUT2D eigenvalue weighted by atomic mass is 32.1. The molecule has 0 spiro atoms. The van der Waals surface area contributed by atoms with Crippen molar-refractivity contribution in [3.8, 4) is 17.6 Å². The van der Waals surface area contributed by atoms with Crippen LogP contribution in [0.3, 0.4) is 0 Å². The maximum atomic E-state index is 14.0. The van der Waals surface area contributed by atoms with E-state index in [4.69, 9.17) is 14.3 Å². The largest absolute Gasteiger partial charge is 0.493 e. The molecule has 2 amide bonds. The number of nitrogens with zero attached hydrogens (tertiary/aromatic N) is 3. The quantitative estimate of drug-likeness (QED) is 0.369. The number of rotatable bonds is 6. The van der Waals surface area contributed by atoms with Crippen molar-refractivity contribution in [1.29, 1.82) is 5.26 Å². The number of aryl methyl sites for hydroxylation is 1. The maximum absolute atomic E-state index is 14.0. The number of amides is 2. The van der Waals surface area contributed by atoms with E-state index in [2.05, 4.69) is 11.2 Å². The molecule has 6 atom stereocenters. The van der Waals surface area contributed by atoms with Crippen molar-refractivity contribution in [2.45, 2.75) is 44.8 Å². The number of anilines is 1. The van der Waals surface area contributed by atoms with Gasteiger partial charge in [-0.3, -0.25) is 9.59 Å². The van der Waals surface area contributed by atoms with E-state index in [0.29, 0.717) is 28.7 Å². The summed E-state index contributed by atoms with van der Waals surface area (Å²) in [5.41, 5.74) is 4.27. The van der Waals surface area contributed by atoms with E-state index in [1.807, 2.05) is 48.5 Å². The summed E-state index contributed by atoms with van der Waals surface area (Å²) in [6.07, 6.45) is 4.36. The van der Waals surface area contributed by atoms with Crippen molar-refractivity contribution >= 4 is 33.9 Å². The lowest BCUT2D eigenvalue weighted by atomic mass is 9.71. The summed E-state index contributed by atoms with van der Waals surface area (Å²) in [6.45, 7) is 0.422. The summed E-state index contributed by atoms with van der Waals surface area (Å²) in [6, 6.07) is 18.0. The van der Waals surface area contributed by atoms with E-state index in [1.165, 1.54) is 16.2 Å². The second-order valence-electron chi connectivity index (χ2n) is 11.8. The zero-order valence-corrected chi connectivity index (χ0v) is 23.9. The van der Waals surface area contributed by atoms with Crippen molar-refractivity contribution in [2.24, 2.45) is 34.7 Å². The van der Waals surface area contributed by atoms with E-state index in [9.17, 15) is 14.9 Å². The molecular formula is C33H29N3O5S. The number of thiophene rings is 1. The van der Waals surface area contributed by atoms with Crippen molar-refractivity contribution in [2.75, 3.05) is 12.0 Å². The number of nitriles is 1. The number of hydrogen-bond acceptors (Lipinski definition) is 8. The van der Waals surface area contributed by atoms with Crippen LogP contribution < -0.4 is 14.4 Å². The van der Waals surface area contributed by atoms with Gasteiger partial charge < -0.3 is 14.3 Å². The normalized spacial score (nSPS) is 28.6. The SMILES string of the molecule is COc1cc(C2=NO[C@@H]3[C@H]4C[C@@H]([C@H]23)[C@@H]2C(=O)N(c3sc5c(c3C#N)CCCC5)C(=O)[C@H]42)ccc1OCc1ccccc1. The van der Waals surface area contributed by atoms with Gasteiger partial charge in [0.05, 0.1) is 30.2 Å². The highest BCUT2D eigenvalue weighted by molar-refractivity contribution is 7.17. The molecule has 2 saturated carbocycles. The second-order valence-corrected chi connectivity index (χ2v) is 12.9. The van der Waals surface area contributed by atoms with E-state index in [1.54, 1.807) is 7.11 Å². The molecule has 1 saturated heterocycles. The zero-order chi connectivity index (χ0) is 28.5. The van der Waals surface area contributed by atoms with Crippen molar-refractivity contribution in [3.05, 3.63) is 75.7 Å². The molecule has 42 heavy (non-hydrogen) atoms. The third-order valence-electron chi connectivity index (χ3n) is 9.85. The molecule has 5 aliphatic rings. The summed E-state index contributed by atoms with van der Waals surface area (Å²) in [7, 11) is 1.61. The van der Waals surface area contributed by atoms with E-state index in [0.717, 1.165) is 59.4 Å². The fourth-order valence-corrected chi connectivity index (χ4v) is 9.42. The molecule has 212 valence electrons. The molecule has 2 aromatic carbocycles. The Hall–Kier alpha value is -4.16. The van der Waals surface area contributed by atoms with Gasteiger partial charge in [-0.05, 0) is 67.3 Å². The van der Waals surface area contributed by atoms with E-state index in [-0.39, 0.29) is 35.7 Å². The minimum absolute atomic E-state index is 0.0483. The molecule has 3 aliphatic carbocycles. The smallest absolute Gasteiger partial charge is 0.238 e. The van der Waals surface area contributed by atoms with Gasteiger partial charge in [0.1, 0.15) is 23.8 Å². The lowest BCUT2D eigenvalue weighted by Gasteiger charge is -2.29. The number of ether oxygens (including phenoxy) is 2. The van der Waals surface area contributed by atoms with Gasteiger partial charge in [-0.15, -0.1) is 11.3 Å². The summed E-state index contributed by atoms with van der Waals surface area (Å²) < 4.78 is 11.7. The standard InChI is InChI=1S/C33H29N3O5S/c1-39-24-13-18(11-12-23(24)40-16-17-7-3-2-4-8-17)29-28-20-14-21(30(28)41-35-29)27-26(20)31(37)36(32(27)38)33-22(15-34)19-9-5-6-10-25(19)42-33/h2-4,7-8,11-13,20-21,26-28,30H,5-6,9-10,14,16H2,1H3/t20-,21+,26+,27-,28-,30-/m1/s1. The van der Waals surface area contributed by atoms with Gasteiger partial charge in [-0.2, -0.15) is 5.26 Å². The fraction of sp³-hybridized carbons (Fsp3) is 0.394. The third kappa shape index (κ3) is 3.61. The first kappa shape index (κ1) is 25.5. The lowest BCUT2D eigenvalue weighted by Crippen LogP contribution is -2.41. The van der Waals surface area contributed by atoms with Crippen molar-refractivity contribution in [3.63, 3.8) is 0 Å².